The maximum Gasteiger partial charge on any atom is 0.230 e. The van der Waals surface area contributed by atoms with Crippen LogP contribution in [0, 0.1) is 0 Å². The van der Waals surface area contributed by atoms with Crippen molar-refractivity contribution in [1.82, 2.24) is 10.6 Å². The summed E-state index contributed by atoms with van der Waals surface area (Å²) in [6, 6.07) is 4.37. The van der Waals surface area contributed by atoms with E-state index < -0.39 is 0 Å². The van der Waals surface area contributed by atoms with Crippen LogP contribution in [0.15, 0.2) is 17.5 Å². The molecule has 2 rings (SSSR count). The summed E-state index contributed by atoms with van der Waals surface area (Å²) in [5.74, 6) is 0.774. The molecule has 2 N–H and O–H groups in total. The molecule has 1 saturated heterocycles. The number of hydrogen-bond acceptors (Lipinski definition) is 4. The summed E-state index contributed by atoms with van der Waals surface area (Å²) in [6.07, 6.45) is 4.47. The van der Waals surface area contributed by atoms with E-state index in [2.05, 4.69) is 35.1 Å². The predicted molar refractivity (Wildman–Crippen MR) is 88.5 cm³/mol. The second-order valence-corrected chi connectivity index (χ2v) is 7.45. The van der Waals surface area contributed by atoms with E-state index in [-0.39, 0.29) is 11.9 Å². The molecular weight excluding hydrogens is 288 g/mol. The third-order valence-electron chi connectivity index (χ3n) is 3.54. The fourth-order valence-electron chi connectivity index (χ4n) is 2.46. The highest BCUT2D eigenvalue weighted by Gasteiger charge is 2.18. The summed E-state index contributed by atoms with van der Waals surface area (Å²) in [5.41, 5.74) is 0. The molecule has 0 aromatic carbocycles. The zero-order valence-electron chi connectivity index (χ0n) is 12.1. The van der Waals surface area contributed by atoms with Crippen molar-refractivity contribution in [2.24, 2.45) is 0 Å². The normalized spacial score (nSPS) is 17.9. The monoisotopic (exact) mass is 312 g/mol. The van der Waals surface area contributed by atoms with Gasteiger partial charge < -0.3 is 10.6 Å². The highest BCUT2D eigenvalue weighted by atomic mass is 32.2. The molecule has 1 aromatic heterocycles. The molecule has 5 heteroatoms. The molecule has 2 heterocycles. The topological polar surface area (TPSA) is 41.1 Å². The lowest BCUT2D eigenvalue weighted by molar-refractivity contribution is -0.119. The molecule has 112 valence electrons. The molecule has 20 heavy (non-hydrogen) atoms. The minimum absolute atomic E-state index is 0.181. The number of rotatable bonds is 7. The van der Waals surface area contributed by atoms with Crippen molar-refractivity contribution < 1.29 is 4.79 Å². The first-order valence-electron chi connectivity index (χ1n) is 7.44. The Labute approximate surface area is 129 Å². The summed E-state index contributed by atoms with van der Waals surface area (Å²) in [7, 11) is 0. The Hall–Kier alpha value is -0.520. The van der Waals surface area contributed by atoms with Crippen molar-refractivity contribution in [3.63, 3.8) is 0 Å². The van der Waals surface area contributed by atoms with Crippen LogP contribution in [0.2, 0.25) is 0 Å². The number of nitrogens with one attached hydrogen (secondary N) is 2. The summed E-state index contributed by atoms with van der Waals surface area (Å²) in [6.45, 7) is 4.34. The van der Waals surface area contributed by atoms with Crippen molar-refractivity contribution in [2.75, 3.05) is 18.8 Å². The Morgan fingerprint density at radius 1 is 1.55 bits per heavy atom. The highest BCUT2D eigenvalue weighted by molar-refractivity contribution is 8.00. The van der Waals surface area contributed by atoms with Crippen LogP contribution in [-0.2, 0) is 4.79 Å². The van der Waals surface area contributed by atoms with Crippen molar-refractivity contribution in [3.8, 4) is 0 Å². The van der Waals surface area contributed by atoms with Crippen LogP contribution in [0.4, 0.5) is 0 Å². The lowest BCUT2D eigenvalue weighted by Crippen LogP contribution is -2.32. The van der Waals surface area contributed by atoms with Gasteiger partial charge in [0.15, 0.2) is 0 Å². The highest BCUT2D eigenvalue weighted by Crippen LogP contribution is 2.24. The van der Waals surface area contributed by atoms with Crippen LogP contribution in [0.1, 0.15) is 43.5 Å². The Morgan fingerprint density at radius 2 is 2.35 bits per heavy atom. The van der Waals surface area contributed by atoms with E-state index in [9.17, 15) is 4.79 Å². The third kappa shape index (κ3) is 5.11. The van der Waals surface area contributed by atoms with Crippen LogP contribution in [0.25, 0.3) is 0 Å². The number of piperidine rings is 1. The van der Waals surface area contributed by atoms with Crippen LogP contribution < -0.4 is 10.6 Å². The smallest absolute Gasteiger partial charge is 0.230 e. The second-order valence-electron chi connectivity index (χ2n) is 5.18. The zero-order valence-corrected chi connectivity index (χ0v) is 13.7. The largest absolute Gasteiger partial charge is 0.348 e. The zero-order chi connectivity index (χ0) is 14.2. The van der Waals surface area contributed by atoms with Gasteiger partial charge in [0.2, 0.25) is 5.91 Å². The van der Waals surface area contributed by atoms with Gasteiger partial charge in [-0.15, -0.1) is 23.1 Å². The lowest BCUT2D eigenvalue weighted by atomic mass is 10.1. The number of thioether (sulfide) groups is 1. The molecule has 1 aliphatic rings. The van der Waals surface area contributed by atoms with E-state index in [0.717, 1.165) is 25.9 Å². The number of carbonyl (C=O) groups excluding carboxylic acids is 1. The molecule has 0 radical (unpaired) electrons. The van der Waals surface area contributed by atoms with E-state index in [1.54, 1.807) is 11.3 Å². The molecule has 1 unspecified atom stereocenters. The Kier molecular flexibility index (Phi) is 6.90. The predicted octanol–water partition coefficient (Wildman–Crippen LogP) is 3.19. The van der Waals surface area contributed by atoms with Gasteiger partial charge in [-0.25, -0.2) is 0 Å². The van der Waals surface area contributed by atoms with E-state index in [1.807, 2.05) is 11.8 Å². The van der Waals surface area contributed by atoms with Crippen molar-refractivity contribution in [2.45, 2.75) is 43.9 Å². The molecule has 0 aliphatic carbocycles. The Bertz CT molecular complexity index is 389. The Morgan fingerprint density at radius 3 is 3.00 bits per heavy atom. The molecule has 1 aromatic rings. The first kappa shape index (κ1) is 15.9. The van der Waals surface area contributed by atoms with Gasteiger partial charge in [0.1, 0.15) is 0 Å². The molecule has 1 aliphatic heterocycles. The van der Waals surface area contributed by atoms with E-state index in [1.165, 1.54) is 17.7 Å². The summed E-state index contributed by atoms with van der Waals surface area (Å²) >= 11 is 3.54. The average Bonchev–Trinajstić information content (AvgIpc) is 3.00. The first-order valence-corrected chi connectivity index (χ1v) is 9.37. The molecule has 0 bridgehead atoms. The number of amides is 1. The van der Waals surface area contributed by atoms with Gasteiger partial charge in [0.25, 0.3) is 0 Å². The lowest BCUT2D eigenvalue weighted by Gasteiger charge is -2.22. The van der Waals surface area contributed by atoms with Gasteiger partial charge >= 0.3 is 0 Å². The van der Waals surface area contributed by atoms with Gasteiger partial charge in [-0.1, -0.05) is 19.4 Å². The molecule has 0 spiro atoms. The third-order valence-corrected chi connectivity index (χ3v) is 5.89. The van der Waals surface area contributed by atoms with Crippen LogP contribution in [0.3, 0.4) is 0 Å². The van der Waals surface area contributed by atoms with E-state index in [4.69, 9.17) is 0 Å². The molecule has 1 fully saturated rings. The summed E-state index contributed by atoms with van der Waals surface area (Å²) in [4.78, 5) is 13.4. The van der Waals surface area contributed by atoms with Gasteiger partial charge in [0.05, 0.1) is 11.8 Å². The molecule has 3 nitrogen and oxygen atoms in total. The molecular formula is C15H24N2OS2. The van der Waals surface area contributed by atoms with Crippen molar-refractivity contribution in [1.29, 1.82) is 0 Å². The average molecular weight is 313 g/mol. The Balaban J connectivity index is 1.76. The van der Waals surface area contributed by atoms with E-state index >= 15 is 0 Å². The van der Waals surface area contributed by atoms with Gasteiger partial charge in [0, 0.05) is 10.1 Å². The van der Waals surface area contributed by atoms with Gasteiger partial charge in [-0.3, -0.25) is 4.79 Å². The van der Waals surface area contributed by atoms with Crippen LogP contribution in [0.5, 0.6) is 0 Å². The summed E-state index contributed by atoms with van der Waals surface area (Å²) < 4.78 is 0. The van der Waals surface area contributed by atoms with Crippen molar-refractivity contribution in [3.05, 3.63) is 22.4 Å². The second kappa shape index (κ2) is 8.70. The van der Waals surface area contributed by atoms with Crippen molar-refractivity contribution >= 4 is 29.0 Å². The minimum atomic E-state index is 0.181. The van der Waals surface area contributed by atoms with Gasteiger partial charge in [-0.05, 0) is 43.8 Å². The number of carbonyl (C=O) groups is 1. The molecule has 1 atom stereocenters. The molecule has 0 saturated carbocycles. The SMILES string of the molecule is CCCC(NC(=O)CSC1CCNCC1)c1cccs1. The van der Waals surface area contributed by atoms with E-state index in [0.29, 0.717) is 11.0 Å². The quantitative estimate of drug-likeness (QED) is 0.812. The first-order chi connectivity index (χ1) is 9.79. The minimum Gasteiger partial charge on any atom is -0.348 e. The maximum absolute atomic E-state index is 12.1. The standard InChI is InChI=1S/C15H24N2OS2/c1-2-4-13(14-5-3-10-19-14)17-15(18)11-20-12-6-8-16-9-7-12/h3,5,10,12-13,16H,2,4,6-9,11H2,1H3,(H,17,18). The van der Waals surface area contributed by atoms with Crippen LogP contribution >= 0.6 is 23.1 Å². The maximum atomic E-state index is 12.1. The number of hydrogen-bond donors (Lipinski definition) is 2. The fourth-order valence-corrected chi connectivity index (χ4v) is 4.31. The fraction of sp³-hybridized carbons (Fsp3) is 0.667. The van der Waals surface area contributed by atoms with Crippen LogP contribution in [-0.4, -0.2) is 30.0 Å². The summed E-state index contributed by atoms with van der Waals surface area (Å²) in [5, 5.41) is 9.28. The van der Waals surface area contributed by atoms with Gasteiger partial charge in [-0.2, -0.15) is 0 Å². The number of thiophene rings is 1. The molecule has 1 amide bonds.